The van der Waals surface area contributed by atoms with E-state index < -0.39 is 51.1 Å². The molecule has 3 rings (SSSR count). The normalized spacial score (nSPS) is 22.7. The fraction of sp³-hybridized carbons (Fsp3) is 0.739. The maximum atomic E-state index is 13.3. The number of hydrogen-bond donors (Lipinski definition) is 1. The van der Waals surface area contributed by atoms with E-state index in [1.54, 1.807) is 27.7 Å². The minimum absolute atomic E-state index is 0.0101. The Labute approximate surface area is 213 Å². The Morgan fingerprint density at radius 2 is 1.72 bits per heavy atom. The van der Waals surface area contributed by atoms with E-state index in [9.17, 15) is 18.0 Å². The van der Waals surface area contributed by atoms with Gasteiger partial charge < -0.3 is 24.3 Å². The maximum Gasteiger partial charge on any atom is 0.498 e. The van der Waals surface area contributed by atoms with Crippen molar-refractivity contribution in [2.24, 2.45) is 0 Å². The third-order valence-corrected chi connectivity index (χ3v) is 8.64. The molecule has 1 N–H and O–H groups in total. The number of sulfone groups is 1. The fourth-order valence-electron chi connectivity index (χ4n) is 3.93. The quantitative estimate of drug-likeness (QED) is 0.448. The number of alkyl carbamates (subject to hydrolysis) is 1. The Kier molecular flexibility index (Phi) is 7.79. The van der Waals surface area contributed by atoms with Gasteiger partial charge in [-0.3, -0.25) is 4.79 Å². The number of nitrogens with zero attached hydrogens (tertiary/aromatic N) is 3. The molecule has 11 nitrogen and oxygen atoms in total. The van der Waals surface area contributed by atoms with Gasteiger partial charge in [-0.25, -0.2) is 23.2 Å². The summed E-state index contributed by atoms with van der Waals surface area (Å²) in [4.78, 5) is 34.6. The standard InChI is InChI=1S/C23H37BN4O7S/c1-15(27-20(30)33-21(2,3)4)18(29)28-11-9-10-17(14-28)36(31,32)19-25-12-16(13-26-19)24-34-22(5,6)23(7,8)35-24/h12-13,15,17H,9-11,14H2,1-8H3,(H,27,30)/t15-,17-/m0/s1. The molecule has 0 radical (unpaired) electrons. The van der Waals surface area contributed by atoms with E-state index in [1.165, 1.54) is 17.3 Å². The molecule has 2 atom stereocenters. The molecule has 1 aromatic rings. The predicted molar refractivity (Wildman–Crippen MR) is 133 cm³/mol. The van der Waals surface area contributed by atoms with Crippen molar-refractivity contribution in [1.82, 2.24) is 20.2 Å². The van der Waals surface area contributed by atoms with Gasteiger partial charge in [-0.1, -0.05) is 0 Å². The van der Waals surface area contributed by atoms with Crippen molar-refractivity contribution in [3.63, 3.8) is 0 Å². The smallest absolute Gasteiger partial charge is 0.444 e. The summed E-state index contributed by atoms with van der Waals surface area (Å²) in [6.07, 6.45) is 2.98. The summed E-state index contributed by atoms with van der Waals surface area (Å²) in [7, 11) is -4.60. The highest BCUT2D eigenvalue weighted by atomic mass is 32.2. The molecule has 13 heteroatoms. The van der Waals surface area contributed by atoms with Gasteiger partial charge >= 0.3 is 13.2 Å². The van der Waals surface area contributed by atoms with Crippen LogP contribution in [-0.4, -0.2) is 83.6 Å². The summed E-state index contributed by atoms with van der Waals surface area (Å²) in [6.45, 7) is 14.8. The SMILES string of the molecule is C[C@H](NC(=O)OC(C)(C)C)C(=O)N1CCC[C@H](S(=O)(=O)c2ncc(B3OC(C)(C)C(C)(C)O3)cn2)C1. The molecule has 2 aliphatic rings. The molecule has 1 aromatic heterocycles. The van der Waals surface area contributed by atoms with Crippen LogP contribution >= 0.6 is 0 Å². The number of carbonyl (C=O) groups is 2. The number of aromatic nitrogens is 2. The van der Waals surface area contributed by atoms with Gasteiger partial charge in [-0.2, -0.15) is 0 Å². The number of likely N-dealkylation sites (tertiary alicyclic amines) is 1. The summed E-state index contributed by atoms with van der Waals surface area (Å²) >= 11 is 0. The summed E-state index contributed by atoms with van der Waals surface area (Å²) in [5.41, 5.74) is -1.27. The molecule has 0 aromatic carbocycles. The highest BCUT2D eigenvalue weighted by Gasteiger charge is 2.52. The maximum absolute atomic E-state index is 13.3. The second kappa shape index (κ2) is 9.90. The van der Waals surface area contributed by atoms with Gasteiger partial charge in [0, 0.05) is 30.9 Å². The van der Waals surface area contributed by atoms with Gasteiger partial charge in [0.1, 0.15) is 11.6 Å². The van der Waals surface area contributed by atoms with Crippen molar-refractivity contribution in [1.29, 1.82) is 0 Å². The molecular weight excluding hydrogens is 487 g/mol. The first-order chi connectivity index (χ1) is 16.4. The Balaban J connectivity index is 1.66. The zero-order valence-electron chi connectivity index (χ0n) is 22.3. The van der Waals surface area contributed by atoms with Crippen LogP contribution in [0.3, 0.4) is 0 Å². The van der Waals surface area contributed by atoms with Crippen LogP contribution in [0.25, 0.3) is 0 Å². The van der Waals surface area contributed by atoms with Crippen molar-refractivity contribution >= 4 is 34.4 Å². The zero-order chi connectivity index (χ0) is 27.1. The van der Waals surface area contributed by atoms with Gasteiger partial charge in [-0.15, -0.1) is 0 Å². The average molecular weight is 524 g/mol. The largest absolute Gasteiger partial charge is 0.498 e. The Bertz CT molecular complexity index is 1070. The zero-order valence-corrected chi connectivity index (χ0v) is 23.1. The first kappa shape index (κ1) is 28.3. The molecule has 2 saturated heterocycles. The first-order valence-electron chi connectivity index (χ1n) is 12.1. The second-order valence-electron chi connectivity index (χ2n) is 11.3. The summed E-state index contributed by atoms with van der Waals surface area (Å²) in [5.74, 6) is -0.377. The Hall–Kier alpha value is -2.25. The number of rotatable bonds is 5. The number of piperidine rings is 1. The van der Waals surface area contributed by atoms with Crippen LogP contribution in [0, 0.1) is 0 Å². The van der Waals surface area contributed by atoms with Gasteiger partial charge in [0.2, 0.25) is 20.9 Å². The van der Waals surface area contributed by atoms with E-state index in [-0.39, 0.29) is 17.6 Å². The monoisotopic (exact) mass is 524 g/mol. The van der Waals surface area contributed by atoms with Gasteiger partial charge in [-0.05, 0) is 68.2 Å². The molecule has 0 unspecified atom stereocenters. The van der Waals surface area contributed by atoms with Crippen LogP contribution in [0.1, 0.15) is 68.2 Å². The van der Waals surface area contributed by atoms with E-state index in [0.29, 0.717) is 24.8 Å². The highest BCUT2D eigenvalue weighted by molar-refractivity contribution is 7.91. The topological polar surface area (TPSA) is 137 Å². The lowest BCUT2D eigenvalue weighted by atomic mass is 9.81. The van der Waals surface area contributed by atoms with Crippen LogP contribution in [0.2, 0.25) is 0 Å². The number of ether oxygens (including phenoxy) is 1. The molecule has 3 heterocycles. The fourth-order valence-corrected chi connectivity index (χ4v) is 5.49. The van der Waals surface area contributed by atoms with E-state index in [1.807, 2.05) is 27.7 Å². The molecule has 0 bridgehead atoms. The molecule has 2 fully saturated rings. The highest BCUT2D eigenvalue weighted by Crippen LogP contribution is 2.36. The molecule has 2 amide bonds. The van der Waals surface area contributed by atoms with Crippen LogP contribution in [-0.2, 0) is 28.7 Å². The van der Waals surface area contributed by atoms with E-state index in [0.717, 1.165) is 0 Å². The second-order valence-corrected chi connectivity index (χ2v) is 13.5. The lowest BCUT2D eigenvalue weighted by Gasteiger charge is -2.34. The number of carbonyl (C=O) groups excluding carboxylic acids is 2. The van der Waals surface area contributed by atoms with E-state index in [4.69, 9.17) is 14.0 Å². The van der Waals surface area contributed by atoms with Crippen LogP contribution in [0.15, 0.2) is 17.6 Å². The van der Waals surface area contributed by atoms with Crippen molar-refractivity contribution in [3.05, 3.63) is 12.4 Å². The average Bonchev–Trinajstić information content (AvgIpc) is 2.99. The summed E-state index contributed by atoms with van der Waals surface area (Å²) in [5, 5.41) is 1.35. The van der Waals surface area contributed by atoms with Crippen molar-refractivity contribution in [2.75, 3.05) is 13.1 Å². The van der Waals surface area contributed by atoms with Crippen molar-refractivity contribution < 1.29 is 32.1 Å². The molecule has 0 spiro atoms. The van der Waals surface area contributed by atoms with Crippen molar-refractivity contribution in [3.8, 4) is 0 Å². The van der Waals surface area contributed by atoms with Crippen molar-refractivity contribution in [2.45, 2.75) is 101 Å². The molecule has 2 aliphatic heterocycles. The van der Waals surface area contributed by atoms with Gasteiger partial charge in [0.25, 0.3) is 0 Å². The summed E-state index contributed by atoms with van der Waals surface area (Å²) in [6, 6.07) is -0.864. The molecule has 200 valence electrons. The van der Waals surface area contributed by atoms with Gasteiger partial charge in [0.05, 0.1) is 16.5 Å². The van der Waals surface area contributed by atoms with Crippen LogP contribution in [0.4, 0.5) is 4.79 Å². The first-order valence-corrected chi connectivity index (χ1v) is 13.7. The summed E-state index contributed by atoms with van der Waals surface area (Å²) < 4.78 is 43.7. The lowest BCUT2D eigenvalue weighted by Crippen LogP contribution is -2.52. The third-order valence-electron chi connectivity index (χ3n) is 6.66. The minimum atomic E-state index is -3.90. The minimum Gasteiger partial charge on any atom is -0.444 e. The Morgan fingerprint density at radius 3 is 2.25 bits per heavy atom. The predicted octanol–water partition coefficient (Wildman–Crippen LogP) is 1.45. The number of hydrogen-bond acceptors (Lipinski definition) is 9. The van der Waals surface area contributed by atoms with E-state index >= 15 is 0 Å². The molecular formula is C23H37BN4O7S. The van der Waals surface area contributed by atoms with Crippen LogP contribution in [0.5, 0.6) is 0 Å². The van der Waals surface area contributed by atoms with Crippen LogP contribution < -0.4 is 10.8 Å². The van der Waals surface area contributed by atoms with Gasteiger partial charge in [0.15, 0.2) is 0 Å². The molecule has 36 heavy (non-hydrogen) atoms. The molecule has 0 aliphatic carbocycles. The number of amides is 2. The molecule has 0 saturated carbocycles. The van der Waals surface area contributed by atoms with E-state index in [2.05, 4.69) is 15.3 Å². The lowest BCUT2D eigenvalue weighted by molar-refractivity contribution is -0.133. The number of nitrogens with one attached hydrogen (secondary N) is 1. The third kappa shape index (κ3) is 6.17. The Morgan fingerprint density at radius 1 is 1.17 bits per heavy atom.